The van der Waals surface area contributed by atoms with Gasteiger partial charge in [0.05, 0.1) is 25.2 Å². The molecule has 7 heteroatoms. The maximum absolute atomic E-state index is 13.0. The molecule has 1 amide bonds. The van der Waals surface area contributed by atoms with Gasteiger partial charge in [-0.1, -0.05) is 18.2 Å². The van der Waals surface area contributed by atoms with E-state index in [-0.39, 0.29) is 17.9 Å². The third-order valence-electron chi connectivity index (χ3n) is 4.36. The van der Waals surface area contributed by atoms with Crippen LogP contribution in [0.2, 0.25) is 0 Å². The number of amides is 1. The van der Waals surface area contributed by atoms with Crippen molar-refractivity contribution in [2.24, 2.45) is 0 Å². The van der Waals surface area contributed by atoms with Gasteiger partial charge >= 0.3 is 6.18 Å². The van der Waals surface area contributed by atoms with Crippen LogP contribution in [0.15, 0.2) is 24.3 Å². The standard InChI is InChI=1S/C16H18F3NO3/c17-16(18,19)13-4-2-1-3-12(13)11-14(21)20-7-5-15(6-8-20)22-9-10-23-15/h1-4H,5-11H2. The third kappa shape index (κ3) is 3.50. The Hall–Kier alpha value is -1.60. The Labute approximate surface area is 132 Å². The maximum atomic E-state index is 13.0. The Morgan fingerprint density at radius 3 is 2.35 bits per heavy atom. The molecule has 1 spiro atoms. The minimum Gasteiger partial charge on any atom is -0.347 e. The van der Waals surface area contributed by atoms with Crippen molar-refractivity contribution in [3.05, 3.63) is 35.4 Å². The zero-order valence-corrected chi connectivity index (χ0v) is 12.6. The molecule has 0 atom stereocenters. The van der Waals surface area contributed by atoms with Crippen molar-refractivity contribution in [2.75, 3.05) is 26.3 Å². The number of halogens is 3. The Bertz CT molecular complexity index is 572. The van der Waals surface area contributed by atoms with Gasteiger partial charge in [0.2, 0.25) is 5.91 Å². The summed E-state index contributed by atoms with van der Waals surface area (Å²) in [5, 5.41) is 0. The first-order chi connectivity index (χ1) is 10.9. The van der Waals surface area contributed by atoms with Crippen LogP contribution in [-0.4, -0.2) is 42.9 Å². The molecule has 0 saturated carbocycles. The van der Waals surface area contributed by atoms with Crippen LogP contribution >= 0.6 is 0 Å². The van der Waals surface area contributed by atoms with Crippen molar-refractivity contribution < 1.29 is 27.4 Å². The number of nitrogens with zero attached hydrogens (tertiary/aromatic N) is 1. The van der Waals surface area contributed by atoms with Crippen molar-refractivity contribution in [2.45, 2.75) is 31.2 Å². The first kappa shape index (κ1) is 16.3. The zero-order chi connectivity index (χ0) is 16.5. The largest absolute Gasteiger partial charge is 0.416 e. The number of hydrogen-bond donors (Lipinski definition) is 0. The van der Waals surface area contributed by atoms with Crippen molar-refractivity contribution in [1.82, 2.24) is 4.90 Å². The lowest BCUT2D eigenvalue weighted by atomic mass is 10.0. The Morgan fingerprint density at radius 2 is 1.74 bits per heavy atom. The molecular weight excluding hydrogens is 311 g/mol. The van der Waals surface area contributed by atoms with Gasteiger partial charge in [-0.25, -0.2) is 0 Å². The van der Waals surface area contributed by atoms with E-state index in [0.29, 0.717) is 39.1 Å². The van der Waals surface area contributed by atoms with Crippen molar-refractivity contribution >= 4 is 5.91 Å². The van der Waals surface area contributed by atoms with E-state index in [1.807, 2.05) is 0 Å². The summed E-state index contributed by atoms with van der Waals surface area (Å²) in [4.78, 5) is 13.9. The van der Waals surface area contributed by atoms with Crippen molar-refractivity contribution in [1.29, 1.82) is 0 Å². The second-order valence-electron chi connectivity index (χ2n) is 5.82. The minimum absolute atomic E-state index is 0.0126. The molecule has 1 aromatic carbocycles. The molecule has 126 valence electrons. The fraction of sp³-hybridized carbons (Fsp3) is 0.562. The minimum atomic E-state index is -4.45. The van der Waals surface area contributed by atoms with Crippen molar-refractivity contribution in [3.63, 3.8) is 0 Å². The van der Waals surface area contributed by atoms with E-state index in [1.165, 1.54) is 18.2 Å². The molecule has 23 heavy (non-hydrogen) atoms. The predicted molar refractivity (Wildman–Crippen MR) is 75.6 cm³/mol. The summed E-state index contributed by atoms with van der Waals surface area (Å²) in [6.07, 6.45) is -3.59. The van der Waals surface area contributed by atoms with E-state index < -0.39 is 17.5 Å². The molecule has 2 fully saturated rings. The SMILES string of the molecule is O=C(Cc1ccccc1C(F)(F)F)N1CCC2(CC1)OCCO2. The molecule has 0 radical (unpaired) electrons. The highest BCUT2D eigenvalue weighted by atomic mass is 19.4. The van der Waals surface area contributed by atoms with E-state index in [9.17, 15) is 18.0 Å². The number of piperidine rings is 1. The van der Waals surface area contributed by atoms with E-state index in [4.69, 9.17) is 9.47 Å². The Morgan fingerprint density at radius 1 is 1.13 bits per heavy atom. The second-order valence-corrected chi connectivity index (χ2v) is 5.82. The molecule has 2 heterocycles. The fourth-order valence-electron chi connectivity index (χ4n) is 3.11. The van der Waals surface area contributed by atoms with Gasteiger partial charge in [-0.05, 0) is 11.6 Å². The number of carbonyl (C=O) groups is 1. The summed E-state index contributed by atoms with van der Waals surface area (Å²) in [6, 6.07) is 5.21. The molecule has 0 bridgehead atoms. The number of ether oxygens (including phenoxy) is 2. The van der Waals surface area contributed by atoms with Gasteiger partial charge in [0.25, 0.3) is 0 Å². The highest BCUT2D eigenvalue weighted by molar-refractivity contribution is 5.79. The topological polar surface area (TPSA) is 38.8 Å². The molecule has 0 unspecified atom stereocenters. The number of hydrogen-bond acceptors (Lipinski definition) is 3. The molecule has 3 rings (SSSR count). The Balaban J connectivity index is 1.64. The van der Waals surface area contributed by atoms with Gasteiger partial charge in [0, 0.05) is 25.9 Å². The monoisotopic (exact) mass is 329 g/mol. The molecule has 0 aliphatic carbocycles. The first-order valence-corrected chi connectivity index (χ1v) is 7.60. The summed E-state index contributed by atoms with van der Waals surface area (Å²) in [5.41, 5.74) is -0.733. The number of alkyl halides is 3. The second kappa shape index (κ2) is 6.13. The molecule has 2 aliphatic rings. The third-order valence-corrected chi connectivity index (χ3v) is 4.36. The summed E-state index contributed by atoms with van der Waals surface area (Å²) in [6.45, 7) is 1.97. The number of rotatable bonds is 2. The fourth-order valence-corrected chi connectivity index (χ4v) is 3.11. The lowest BCUT2D eigenvalue weighted by Gasteiger charge is -2.37. The molecule has 4 nitrogen and oxygen atoms in total. The number of benzene rings is 1. The molecule has 0 N–H and O–H groups in total. The quantitative estimate of drug-likeness (QED) is 0.837. The van der Waals surface area contributed by atoms with Gasteiger partial charge in [-0.3, -0.25) is 4.79 Å². The van der Waals surface area contributed by atoms with Crippen LogP contribution < -0.4 is 0 Å². The first-order valence-electron chi connectivity index (χ1n) is 7.60. The zero-order valence-electron chi connectivity index (χ0n) is 12.6. The molecule has 2 saturated heterocycles. The molecule has 0 aromatic heterocycles. The van der Waals surface area contributed by atoms with Gasteiger partial charge in [-0.2, -0.15) is 13.2 Å². The van der Waals surface area contributed by atoms with Gasteiger partial charge in [0.1, 0.15) is 0 Å². The lowest BCUT2D eigenvalue weighted by molar-refractivity contribution is -0.187. The molecule has 2 aliphatic heterocycles. The van der Waals surface area contributed by atoms with Gasteiger partial charge < -0.3 is 14.4 Å². The Kier molecular flexibility index (Phi) is 4.33. The number of likely N-dealkylation sites (tertiary alicyclic amines) is 1. The average Bonchev–Trinajstić information content (AvgIpc) is 2.95. The van der Waals surface area contributed by atoms with Crippen LogP contribution in [0.1, 0.15) is 24.0 Å². The van der Waals surface area contributed by atoms with E-state index in [0.717, 1.165) is 6.07 Å². The van der Waals surface area contributed by atoms with Crippen LogP contribution in [0.4, 0.5) is 13.2 Å². The van der Waals surface area contributed by atoms with Gasteiger partial charge in [0.15, 0.2) is 5.79 Å². The van der Waals surface area contributed by atoms with Crippen LogP contribution in [0, 0.1) is 0 Å². The van der Waals surface area contributed by atoms with E-state index in [2.05, 4.69) is 0 Å². The van der Waals surface area contributed by atoms with E-state index >= 15 is 0 Å². The van der Waals surface area contributed by atoms with Gasteiger partial charge in [-0.15, -0.1) is 0 Å². The summed E-state index contributed by atoms with van der Waals surface area (Å²) >= 11 is 0. The normalized spacial score (nSPS) is 20.9. The highest BCUT2D eigenvalue weighted by Gasteiger charge is 2.41. The van der Waals surface area contributed by atoms with Crippen LogP contribution in [0.5, 0.6) is 0 Å². The average molecular weight is 329 g/mol. The van der Waals surface area contributed by atoms with Crippen LogP contribution in [0.25, 0.3) is 0 Å². The molecular formula is C16H18F3NO3. The highest BCUT2D eigenvalue weighted by Crippen LogP contribution is 2.33. The van der Waals surface area contributed by atoms with E-state index in [1.54, 1.807) is 4.90 Å². The molecule has 1 aromatic rings. The smallest absolute Gasteiger partial charge is 0.347 e. The summed E-state index contributed by atoms with van der Waals surface area (Å²) in [5.74, 6) is -0.893. The number of carbonyl (C=O) groups excluding carboxylic acids is 1. The van der Waals surface area contributed by atoms with Crippen LogP contribution in [0.3, 0.4) is 0 Å². The van der Waals surface area contributed by atoms with Crippen LogP contribution in [-0.2, 0) is 26.9 Å². The lowest BCUT2D eigenvalue weighted by Crippen LogP contribution is -2.47. The predicted octanol–water partition coefficient (Wildman–Crippen LogP) is 2.61. The summed E-state index contributed by atoms with van der Waals surface area (Å²) in [7, 11) is 0. The maximum Gasteiger partial charge on any atom is 0.416 e. The summed E-state index contributed by atoms with van der Waals surface area (Å²) < 4.78 is 50.1. The van der Waals surface area contributed by atoms with Crippen molar-refractivity contribution in [3.8, 4) is 0 Å².